The number of aryl methyl sites for hydroxylation is 1. The molecule has 0 aliphatic rings. The Hall–Kier alpha value is -0.440. The van der Waals surface area contributed by atoms with Gasteiger partial charge in [0.1, 0.15) is 6.54 Å². The number of aliphatic carboxylic acids is 1. The van der Waals surface area contributed by atoms with Gasteiger partial charge in [-0.1, -0.05) is 15.9 Å². The maximum Gasteiger partial charge on any atom is 0.318 e. The van der Waals surface area contributed by atoms with Gasteiger partial charge in [0.05, 0.1) is 4.90 Å². The highest BCUT2D eigenvalue weighted by Gasteiger charge is 2.36. The summed E-state index contributed by atoms with van der Waals surface area (Å²) in [7, 11) is -3.95. The number of carboxylic acids is 1. The molecule has 0 aromatic heterocycles. The van der Waals surface area contributed by atoms with Gasteiger partial charge in [0, 0.05) is 14.5 Å². The quantitative estimate of drug-likeness (QED) is 0.775. The lowest BCUT2D eigenvalue weighted by atomic mass is 10.1. The Bertz CT molecular complexity index is 665. The van der Waals surface area contributed by atoms with Crippen LogP contribution in [0.2, 0.25) is 0 Å². The van der Waals surface area contributed by atoms with Gasteiger partial charge in [-0.15, -0.1) is 0 Å². The van der Waals surface area contributed by atoms with Crippen LogP contribution in [0, 0.1) is 6.92 Å². The van der Waals surface area contributed by atoms with Gasteiger partial charge in [0.15, 0.2) is 0 Å². The molecule has 0 aliphatic carbocycles. The molecule has 0 spiro atoms. The van der Waals surface area contributed by atoms with Gasteiger partial charge >= 0.3 is 5.97 Å². The molecule has 0 radical (unpaired) electrons. The van der Waals surface area contributed by atoms with E-state index >= 15 is 0 Å². The average molecular weight is 443 g/mol. The van der Waals surface area contributed by atoms with E-state index in [1.165, 1.54) is 6.07 Å². The number of sulfonamides is 1. The molecule has 1 rings (SSSR count). The number of benzene rings is 1. The van der Waals surface area contributed by atoms with Gasteiger partial charge in [-0.2, -0.15) is 4.31 Å². The first kappa shape index (κ1) is 18.6. The van der Waals surface area contributed by atoms with Crippen LogP contribution < -0.4 is 0 Å². The van der Waals surface area contributed by atoms with Crippen LogP contribution >= 0.6 is 31.9 Å². The lowest BCUT2D eigenvalue weighted by molar-refractivity contribution is -0.138. The average Bonchev–Trinajstić information content (AvgIpc) is 2.28. The van der Waals surface area contributed by atoms with Crippen LogP contribution in [0.15, 0.2) is 26.0 Å². The van der Waals surface area contributed by atoms with Crippen molar-refractivity contribution in [3.8, 4) is 0 Å². The van der Waals surface area contributed by atoms with Crippen molar-refractivity contribution in [1.29, 1.82) is 0 Å². The Morgan fingerprint density at radius 1 is 1.24 bits per heavy atom. The fourth-order valence-corrected chi connectivity index (χ4v) is 5.13. The van der Waals surface area contributed by atoms with E-state index in [4.69, 9.17) is 5.11 Å². The molecule has 0 heterocycles. The Kier molecular flexibility index (Phi) is 5.63. The van der Waals surface area contributed by atoms with E-state index in [0.29, 0.717) is 8.95 Å². The van der Waals surface area contributed by atoms with Crippen molar-refractivity contribution in [3.05, 3.63) is 26.6 Å². The van der Waals surface area contributed by atoms with Crippen molar-refractivity contribution in [1.82, 2.24) is 4.31 Å². The predicted octanol–water partition coefficient (Wildman–Crippen LogP) is 3.39. The summed E-state index contributed by atoms with van der Waals surface area (Å²) in [6.07, 6.45) is 0. The van der Waals surface area contributed by atoms with Crippen LogP contribution in [0.1, 0.15) is 26.3 Å². The third kappa shape index (κ3) is 4.28. The van der Waals surface area contributed by atoms with Crippen molar-refractivity contribution in [3.63, 3.8) is 0 Å². The first-order chi connectivity index (χ1) is 9.37. The standard InChI is InChI=1S/C13H17Br2NO4S/c1-8-5-10(15)11(6-9(8)14)21(19,20)16(7-12(17)18)13(2,3)4/h5-6H,7H2,1-4H3,(H,17,18). The van der Waals surface area contributed by atoms with Crippen LogP contribution in [0.5, 0.6) is 0 Å². The number of halogens is 2. The zero-order valence-electron chi connectivity index (χ0n) is 12.1. The summed E-state index contributed by atoms with van der Waals surface area (Å²) < 4.78 is 27.6. The molecular formula is C13H17Br2NO4S. The predicted molar refractivity (Wildman–Crippen MR) is 87.9 cm³/mol. The second kappa shape index (κ2) is 6.36. The molecule has 1 aromatic carbocycles. The molecule has 0 amide bonds. The van der Waals surface area contributed by atoms with E-state index < -0.39 is 28.1 Å². The maximum atomic E-state index is 12.8. The van der Waals surface area contributed by atoms with E-state index in [1.807, 2.05) is 6.92 Å². The molecule has 0 aliphatic heterocycles. The monoisotopic (exact) mass is 441 g/mol. The first-order valence-electron chi connectivity index (χ1n) is 6.07. The summed E-state index contributed by atoms with van der Waals surface area (Å²) in [5.74, 6) is -1.20. The lowest BCUT2D eigenvalue weighted by Gasteiger charge is -2.33. The van der Waals surface area contributed by atoms with Gasteiger partial charge in [0.25, 0.3) is 0 Å². The summed E-state index contributed by atoms with van der Waals surface area (Å²) in [6, 6.07) is 3.16. The molecule has 21 heavy (non-hydrogen) atoms. The van der Waals surface area contributed by atoms with Gasteiger partial charge < -0.3 is 5.11 Å². The van der Waals surface area contributed by atoms with Gasteiger partial charge in [-0.3, -0.25) is 4.79 Å². The fraction of sp³-hybridized carbons (Fsp3) is 0.462. The molecule has 1 N–H and O–H groups in total. The summed E-state index contributed by atoms with van der Waals surface area (Å²) in [6.45, 7) is 6.22. The van der Waals surface area contributed by atoms with Crippen LogP contribution in [-0.2, 0) is 14.8 Å². The van der Waals surface area contributed by atoms with Gasteiger partial charge in [0.2, 0.25) is 10.0 Å². The third-order valence-electron chi connectivity index (χ3n) is 2.81. The Labute approximate surface area is 141 Å². The fourth-order valence-electron chi connectivity index (χ4n) is 1.75. The van der Waals surface area contributed by atoms with Crippen LogP contribution in [0.25, 0.3) is 0 Å². The molecule has 0 fully saturated rings. The molecule has 1 aromatic rings. The highest BCUT2D eigenvalue weighted by Crippen LogP contribution is 2.33. The second-order valence-corrected chi connectivity index (χ2v) is 9.15. The van der Waals surface area contributed by atoms with E-state index in [9.17, 15) is 13.2 Å². The highest BCUT2D eigenvalue weighted by molar-refractivity contribution is 9.11. The number of rotatable bonds is 4. The number of nitrogens with zero attached hydrogens (tertiary/aromatic N) is 1. The summed E-state index contributed by atoms with van der Waals surface area (Å²) in [4.78, 5) is 11.1. The molecule has 0 bridgehead atoms. The highest BCUT2D eigenvalue weighted by atomic mass is 79.9. The Morgan fingerprint density at radius 3 is 2.19 bits per heavy atom. The number of hydrogen-bond donors (Lipinski definition) is 1. The number of hydrogen-bond acceptors (Lipinski definition) is 3. The summed E-state index contributed by atoms with van der Waals surface area (Å²) in [5, 5.41) is 9.00. The number of carbonyl (C=O) groups is 1. The molecule has 8 heteroatoms. The van der Waals surface area contributed by atoms with Crippen LogP contribution in [0.4, 0.5) is 0 Å². The molecule has 5 nitrogen and oxygen atoms in total. The minimum absolute atomic E-state index is 0.0381. The number of carboxylic acid groups (broad SMARTS) is 1. The SMILES string of the molecule is Cc1cc(Br)c(S(=O)(=O)N(CC(=O)O)C(C)(C)C)cc1Br. The topological polar surface area (TPSA) is 74.7 Å². The van der Waals surface area contributed by atoms with E-state index in [-0.39, 0.29) is 4.90 Å². The van der Waals surface area contributed by atoms with Crippen LogP contribution in [0.3, 0.4) is 0 Å². The molecule has 118 valence electrons. The molecule has 0 unspecified atom stereocenters. The second-order valence-electron chi connectivity index (χ2n) is 5.61. The summed E-state index contributed by atoms with van der Waals surface area (Å²) in [5.41, 5.74) is 0.0231. The Morgan fingerprint density at radius 2 is 1.76 bits per heavy atom. The Balaban J connectivity index is 3.50. The smallest absolute Gasteiger partial charge is 0.318 e. The summed E-state index contributed by atoms with van der Waals surface area (Å²) >= 11 is 6.55. The van der Waals surface area contributed by atoms with Gasteiger partial charge in [-0.25, -0.2) is 8.42 Å². The third-order valence-corrected chi connectivity index (χ3v) is 6.73. The van der Waals surface area contributed by atoms with Crippen molar-refractivity contribution in [2.24, 2.45) is 0 Å². The largest absolute Gasteiger partial charge is 0.480 e. The van der Waals surface area contributed by atoms with E-state index in [2.05, 4.69) is 31.9 Å². The van der Waals surface area contributed by atoms with Crippen LogP contribution in [-0.4, -0.2) is 35.9 Å². The van der Waals surface area contributed by atoms with Crippen molar-refractivity contribution in [2.45, 2.75) is 38.1 Å². The normalized spacial score (nSPS) is 12.7. The van der Waals surface area contributed by atoms with Crippen molar-refractivity contribution < 1.29 is 18.3 Å². The molecule has 0 saturated carbocycles. The molecule has 0 atom stereocenters. The molecular weight excluding hydrogens is 426 g/mol. The molecule has 0 saturated heterocycles. The minimum Gasteiger partial charge on any atom is -0.480 e. The van der Waals surface area contributed by atoms with Crippen molar-refractivity contribution >= 4 is 47.9 Å². The van der Waals surface area contributed by atoms with E-state index in [1.54, 1.807) is 26.8 Å². The van der Waals surface area contributed by atoms with E-state index in [0.717, 1.165) is 9.87 Å². The van der Waals surface area contributed by atoms with Gasteiger partial charge in [-0.05, 0) is 61.3 Å². The zero-order valence-corrected chi connectivity index (χ0v) is 16.1. The first-order valence-corrected chi connectivity index (χ1v) is 9.10. The lowest BCUT2D eigenvalue weighted by Crippen LogP contribution is -2.48. The maximum absolute atomic E-state index is 12.8. The van der Waals surface area contributed by atoms with Crippen molar-refractivity contribution in [2.75, 3.05) is 6.54 Å². The minimum atomic E-state index is -3.95. The zero-order chi connectivity index (χ0) is 16.6.